The molecule has 130 valence electrons. The van der Waals surface area contributed by atoms with Crippen molar-refractivity contribution in [2.24, 2.45) is 0 Å². The number of hydrogen-bond acceptors (Lipinski definition) is 4. The minimum absolute atomic E-state index is 0.314. The van der Waals surface area contributed by atoms with Gasteiger partial charge >= 0.3 is 0 Å². The van der Waals surface area contributed by atoms with Gasteiger partial charge in [0.1, 0.15) is 5.75 Å². The summed E-state index contributed by atoms with van der Waals surface area (Å²) in [5.41, 5.74) is 2.81. The van der Waals surface area contributed by atoms with Crippen LogP contribution in [0.25, 0.3) is 0 Å². The Morgan fingerprint density at radius 1 is 1.04 bits per heavy atom. The molecule has 0 radical (unpaired) electrons. The van der Waals surface area contributed by atoms with E-state index < -0.39 is 10.0 Å². The van der Waals surface area contributed by atoms with Gasteiger partial charge in [-0.15, -0.1) is 0 Å². The van der Waals surface area contributed by atoms with Crippen LogP contribution in [-0.4, -0.2) is 27.8 Å². The topological polar surface area (TPSA) is 55.4 Å². The van der Waals surface area contributed by atoms with Gasteiger partial charge < -0.3 is 4.74 Å². The molecule has 0 spiro atoms. The maximum Gasteiger partial charge on any atom is 0.240 e. The van der Waals surface area contributed by atoms with Crippen molar-refractivity contribution < 1.29 is 13.2 Å². The van der Waals surface area contributed by atoms with Crippen molar-refractivity contribution in [2.75, 3.05) is 19.4 Å². The van der Waals surface area contributed by atoms with Crippen molar-refractivity contribution in [1.29, 1.82) is 0 Å². The highest BCUT2D eigenvalue weighted by atomic mass is 32.2. The third kappa shape index (κ3) is 4.75. The average molecular weight is 366 g/mol. The van der Waals surface area contributed by atoms with Crippen LogP contribution in [0.1, 0.15) is 16.7 Å². The molecule has 0 atom stereocenters. The van der Waals surface area contributed by atoms with Gasteiger partial charge in [-0.25, -0.2) is 13.1 Å². The second kappa shape index (κ2) is 8.55. The first-order valence-corrected chi connectivity index (χ1v) is 10.3. The number of methoxy groups -OCH3 is 1. The summed E-state index contributed by atoms with van der Waals surface area (Å²) in [5.74, 6) is 2.30. The second-order valence-electron chi connectivity index (χ2n) is 5.45. The van der Waals surface area contributed by atoms with E-state index >= 15 is 0 Å². The van der Waals surface area contributed by atoms with Gasteiger partial charge in [0.2, 0.25) is 10.0 Å². The predicted molar refractivity (Wildman–Crippen MR) is 100 cm³/mol. The molecule has 0 amide bonds. The highest BCUT2D eigenvalue weighted by molar-refractivity contribution is 7.98. The van der Waals surface area contributed by atoms with E-state index in [2.05, 4.69) is 16.9 Å². The summed E-state index contributed by atoms with van der Waals surface area (Å²) in [5, 5.41) is 0. The summed E-state index contributed by atoms with van der Waals surface area (Å²) >= 11 is 1.71. The van der Waals surface area contributed by atoms with Crippen LogP contribution in [0, 0.1) is 13.8 Å². The van der Waals surface area contributed by atoms with Gasteiger partial charge in [0, 0.05) is 18.1 Å². The zero-order valence-electron chi connectivity index (χ0n) is 14.2. The molecule has 0 aliphatic rings. The first-order valence-electron chi connectivity index (χ1n) is 7.71. The minimum Gasteiger partial charge on any atom is -0.496 e. The standard InChI is InChI=1S/C18H23NO3S2/c1-14-15(2)18(10-9-17(14)22-3)24(20,21)19-11-12-23-13-16-7-5-4-6-8-16/h4-10,19H,11-13H2,1-3H3. The smallest absolute Gasteiger partial charge is 0.240 e. The molecular formula is C18H23NO3S2. The molecule has 0 aliphatic carbocycles. The zero-order valence-corrected chi connectivity index (χ0v) is 15.8. The van der Waals surface area contributed by atoms with Crippen molar-refractivity contribution >= 4 is 21.8 Å². The molecule has 2 aromatic rings. The van der Waals surface area contributed by atoms with Gasteiger partial charge in [0.05, 0.1) is 12.0 Å². The summed E-state index contributed by atoms with van der Waals surface area (Å²) in [6.07, 6.45) is 0. The first kappa shape index (κ1) is 18.8. The van der Waals surface area contributed by atoms with Crippen LogP contribution in [0.15, 0.2) is 47.4 Å². The third-order valence-electron chi connectivity index (χ3n) is 3.85. The Labute approximate surface area is 148 Å². The average Bonchev–Trinajstić information content (AvgIpc) is 2.57. The van der Waals surface area contributed by atoms with Crippen LogP contribution in [0.2, 0.25) is 0 Å². The molecular weight excluding hydrogens is 342 g/mol. The fraction of sp³-hybridized carbons (Fsp3) is 0.333. The van der Waals surface area contributed by atoms with Gasteiger partial charge in [-0.3, -0.25) is 0 Å². The van der Waals surface area contributed by atoms with E-state index in [1.807, 2.05) is 25.1 Å². The van der Waals surface area contributed by atoms with E-state index in [1.54, 1.807) is 37.9 Å². The highest BCUT2D eigenvalue weighted by Gasteiger charge is 2.18. The lowest BCUT2D eigenvalue weighted by Crippen LogP contribution is -2.27. The van der Waals surface area contributed by atoms with Crippen molar-refractivity contribution in [3.63, 3.8) is 0 Å². The number of sulfonamides is 1. The Balaban J connectivity index is 1.91. The molecule has 0 bridgehead atoms. The van der Waals surface area contributed by atoms with Crippen molar-refractivity contribution in [3.8, 4) is 5.75 Å². The molecule has 2 aromatic carbocycles. The fourth-order valence-electron chi connectivity index (χ4n) is 2.37. The number of ether oxygens (including phenoxy) is 1. The van der Waals surface area contributed by atoms with Crippen LogP contribution in [0.5, 0.6) is 5.75 Å². The summed E-state index contributed by atoms with van der Waals surface area (Å²) in [7, 11) is -1.92. The van der Waals surface area contributed by atoms with Gasteiger partial charge in [-0.05, 0) is 42.7 Å². The van der Waals surface area contributed by atoms with Crippen LogP contribution >= 0.6 is 11.8 Å². The Morgan fingerprint density at radius 2 is 1.75 bits per heavy atom. The maximum atomic E-state index is 12.5. The SMILES string of the molecule is COc1ccc(S(=O)(=O)NCCSCc2ccccc2)c(C)c1C. The fourth-order valence-corrected chi connectivity index (χ4v) is 4.65. The van der Waals surface area contributed by atoms with Crippen LogP contribution in [0.3, 0.4) is 0 Å². The zero-order chi connectivity index (χ0) is 17.6. The van der Waals surface area contributed by atoms with Gasteiger partial charge in [0.15, 0.2) is 0 Å². The van der Waals surface area contributed by atoms with E-state index in [9.17, 15) is 8.42 Å². The molecule has 0 fully saturated rings. The van der Waals surface area contributed by atoms with Crippen LogP contribution < -0.4 is 9.46 Å². The quantitative estimate of drug-likeness (QED) is 0.727. The third-order valence-corrected chi connectivity index (χ3v) is 6.48. The van der Waals surface area contributed by atoms with Crippen LogP contribution in [-0.2, 0) is 15.8 Å². The van der Waals surface area contributed by atoms with Crippen LogP contribution in [0.4, 0.5) is 0 Å². The number of thioether (sulfide) groups is 1. The lowest BCUT2D eigenvalue weighted by molar-refractivity contribution is 0.410. The Hall–Kier alpha value is -1.50. The van der Waals surface area contributed by atoms with Gasteiger partial charge in [0.25, 0.3) is 0 Å². The lowest BCUT2D eigenvalue weighted by Gasteiger charge is -2.13. The first-order chi connectivity index (χ1) is 11.5. The molecule has 0 saturated heterocycles. The minimum atomic E-state index is -3.50. The summed E-state index contributed by atoms with van der Waals surface area (Å²) in [4.78, 5) is 0.314. The molecule has 4 nitrogen and oxygen atoms in total. The molecule has 6 heteroatoms. The molecule has 0 heterocycles. The highest BCUT2D eigenvalue weighted by Crippen LogP contribution is 2.26. The summed E-state index contributed by atoms with van der Waals surface area (Å²) in [6, 6.07) is 13.4. The van der Waals surface area contributed by atoms with E-state index in [0.717, 1.165) is 22.6 Å². The number of hydrogen-bond donors (Lipinski definition) is 1. The molecule has 0 aromatic heterocycles. The Kier molecular flexibility index (Phi) is 6.71. The van der Waals surface area contributed by atoms with E-state index in [0.29, 0.717) is 17.2 Å². The normalized spacial score (nSPS) is 11.5. The Morgan fingerprint density at radius 3 is 2.42 bits per heavy atom. The second-order valence-corrected chi connectivity index (χ2v) is 8.29. The number of rotatable bonds is 8. The van der Waals surface area contributed by atoms with Crippen molar-refractivity contribution in [2.45, 2.75) is 24.5 Å². The van der Waals surface area contributed by atoms with E-state index in [-0.39, 0.29) is 0 Å². The summed E-state index contributed by atoms with van der Waals surface area (Å²) in [6.45, 7) is 4.07. The predicted octanol–water partition coefficient (Wildman–Crippen LogP) is 3.52. The largest absolute Gasteiger partial charge is 0.496 e. The molecule has 0 aliphatic heterocycles. The lowest BCUT2D eigenvalue weighted by atomic mass is 10.1. The van der Waals surface area contributed by atoms with Gasteiger partial charge in [-0.1, -0.05) is 30.3 Å². The molecule has 0 unspecified atom stereocenters. The van der Waals surface area contributed by atoms with E-state index in [1.165, 1.54) is 5.56 Å². The van der Waals surface area contributed by atoms with E-state index in [4.69, 9.17) is 4.74 Å². The number of nitrogens with one attached hydrogen (secondary N) is 1. The Bertz CT molecular complexity index is 774. The molecule has 0 saturated carbocycles. The van der Waals surface area contributed by atoms with Crippen molar-refractivity contribution in [3.05, 3.63) is 59.2 Å². The van der Waals surface area contributed by atoms with Crippen molar-refractivity contribution in [1.82, 2.24) is 4.72 Å². The van der Waals surface area contributed by atoms with Gasteiger partial charge in [-0.2, -0.15) is 11.8 Å². The molecule has 2 rings (SSSR count). The molecule has 24 heavy (non-hydrogen) atoms. The summed E-state index contributed by atoms with van der Waals surface area (Å²) < 4.78 is 32.9. The monoisotopic (exact) mass is 365 g/mol. The number of benzene rings is 2. The molecule has 1 N–H and O–H groups in total. The maximum absolute atomic E-state index is 12.5.